The molecule has 0 saturated heterocycles. The molecule has 0 radical (unpaired) electrons. The molecule has 7 heteroatoms. The number of sulfonamides is 1. The Kier molecular flexibility index (Phi) is 5.04. The lowest BCUT2D eigenvalue weighted by Crippen LogP contribution is -2.31. The molecule has 154 valence electrons. The first-order valence-electron chi connectivity index (χ1n) is 9.76. The third-order valence-electron chi connectivity index (χ3n) is 5.60. The Balaban J connectivity index is 1.72. The molecule has 29 heavy (non-hydrogen) atoms. The van der Waals surface area contributed by atoms with Crippen LogP contribution in [0.3, 0.4) is 0 Å². The van der Waals surface area contributed by atoms with Gasteiger partial charge in [0.05, 0.1) is 18.0 Å². The molecule has 2 aliphatic rings. The van der Waals surface area contributed by atoms with Crippen molar-refractivity contribution in [2.45, 2.75) is 43.2 Å². The van der Waals surface area contributed by atoms with Crippen molar-refractivity contribution in [2.24, 2.45) is 5.92 Å². The number of methoxy groups -OCH3 is 1. The van der Waals surface area contributed by atoms with Gasteiger partial charge in [0, 0.05) is 17.6 Å². The highest BCUT2D eigenvalue weighted by Crippen LogP contribution is 2.50. The Labute approximate surface area is 171 Å². The highest BCUT2D eigenvalue weighted by Gasteiger charge is 2.38. The monoisotopic (exact) mass is 414 g/mol. The largest absolute Gasteiger partial charge is 0.504 e. The average Bonchev–Trinajstić information content (AvgIpc) is 3.16. The molecular formula is C22H26N2O4S. The standard InChI is InChI=1S/C22H26N2O4S/c1-13(2)24-29(26,27)15-8-9-19-18(12-15)16-5-4-6-17(16)22(23-19)14-7-10-21(28-3)20(25)11-14/h4-5,7-13,16-17,22-25H,6H2,1-3H3. The molecule has 0 spiro atoms. The summed E-state index contributed by atoms with van der Waals surface area (Å²) in [5.41, 5.74) is 2.89. The molecule has 6 nitrogen and oxygen atoms in total. The molecule has 1 heterocycles. The summed E-state index contributed by atoms with van der Waals surface area (Å²) < 4.78 is 33.0. The molecule has 1 aliphatic carbocycles. The van der Waals surface area contributed by atoms with Crippen molar-refractivity contribution in [2.75, 3.05) is 12.4 Å². The van der Waals surface area contributed by atoms with Crippen LogP contribution in [0.2, 0.25) is 0 Å². The lowest BCUT2D eigenvalue weighted by Gasteiger charge is -2.37. The first kappa shape index (κ1) is 19.8. The summed E-state index contributed by atoms with van der Waals surface area (Å²) in [6.07, 6.45) is 5.19. The van der Waals surface area contributed by atoms with E-state index in [1.165, 1.54) is 7.11 Å². The van der Waals surface area contributed by atoms with Crippen LogP contribution in [0.1, 0.15) is 43.4 Å². The number of nitrogens with one attached hydrogen (secondary N) is 2. The van der Waals surface area contributed by atoms with Crippen molar-refractivity contribution >= 4 is 15.7 Å². The maximum atomic E-state index is 12.6. The van der Waals surface area contributed by atoms with Gasteiger partial charge in [0.25, 0.3) is 0 Å². The Hall–Kier alpha value is -2.51. The van der Waals surface area contributed by atoms with E-state index >= 15 is 0 Å². The number of phenolic OH excluding ortho intramolecular Hbond substituents is 1. The van der Waals surface area contributed by atoms with Crippen LogP contribution < -0.4 is 14.8 Å². The van der Waals surface area contributed by atoms with Gasteiger partial charge in [0.2, 0.25) is 10.0 Å². The van der Waals surface area contributed by atoms with E-state index in [0.717, 1.165) is 23.2 Å². The van der Waals surface area contributed by atoms with Gasteiger partial charge >= 0.3 is 0 Å². The lowest BCUT2D eigenvalue weighted by molar-refractivity contribution is 0.371. The molecule has 0 amide bonds. The zero-order chi connectivity index (χ0) is 20.8. The van der Waals surface area contributed by atoms with E-state index in [0.29, 0.717) is 5.75 Å². The second-order valence-electron chi connectivity index (χ2n) is 7.93. The quantitative estimate of drug-likeness (QED) is 0.646. The van der Waals surface area contributed by atoms with Crippen molar-refractivity contribution in [3.05, 3.63) is 59.7 Å². The predicted octanol–water partition coefficient (Wildman–Crippen LogP) is 3.91. The van der Waals surface area contributed by atoms with E-state index in [9.17, 15) is 13.5 Å². The summed E-state index contributed by atoms with van der Waals surface area (Å²) in [6.45, 7) is 3.62. The number of allylic oxidation sites excluding steroid dienone is 2. The smallest absolute Gasteiger partial charge is 0.240 e. The number of ether oxygens (including phenoxy) is 1. The highest BCUT2D eigenvalue weighted by molar-refractivity contribution is 7.89. The fourth-order valence-corrected chi connectivity index (χ4v) is 5.63. The first-order chi connectivity index (χ1) is 13.8. The zero-order valence-corrected chi connectivity index (χ0v) is 17.5. The van der Waals surface area contributed by atoms with Crippen molar-refractivity contribution in [1.29, 1.82) is 0 Å². The van der Waals surface area contributed by atoms with Crippen molar-refractivity contribution in [3.63, 3.8) is 0 Å². The minimum Gasteiger partial charge on any atom is -0.504 e. The van der Waals surface area contributed by atoms with Crippen LogP contribution in [0.15, 0.2) is 53.4 Å². The van der Waals surface area contributed by atoms with Crippen LogP contribution in [0.5, 0.6) is 11.5 Å². The van der Waals surface area contributed by atoms with Gasteiger partial charge in [0.1, 0.15) is 0 Å². The summed E-state index contributed by atoms with van der Waals surface area (Å²) in [7, 11) is -2.02. The maximum absolute atomic E-state index is 12.6. The fraction of sp³-hybridized carbons (Fsp3) is 0.364. The third kappa shape index (κ3) is 3.60. The molecule has 0 saturated carbocycles. The van der Waals surface area contributed by atoms with Gasteiger partial charge in [0.15, 0.2) is 11.5 Å². The molecule has 0 bridgehead atoms. The number of anilines is 1. The number of rotatable bonds is 5. The molecule has 4 rings (SSSR count). The molecule has 0 fully saturated rings. The van der Waals surface area contributed by atoms with Crippen molar-refractivity contribution in [3.8, 4) is 11.5 Å². The fourth-order valence-electron chi connectivity index (χ4n) is 4.35. The van der Waals surface area contributed by atoms with Gasteiger partial charge in [-0.2, -0.15) is 0 Å². The number of hydrogen-bond donors (Lipinski definition) is 3. The Morgan fingerprint density at radius 1 is 1.21 bits per heavy atom. The van der Waals surface area contributed by atoms with Gasteiger partial charge in [-0.05, 0) is 67.6 Å². The van der Waals surface area contributed by atoms with E-state index < -0.39 is 10.0 Å². The minimum absolute atomic E-state index is 0.00977. The van der Waals surface area contributed by atoms with E-state index in [4.69, 9.17) is 4.74 Å². The van der Waals surface area contributed by atoms with Gasteiger partial charge < -0.3 is 15.2 Å². The molecule has 2 aromatic rings. The summed E-state index contributed by atoms with van der Waals surface area (Å²) in [5.74, 6) is 0.917. The van der Waals surface area contributed by atoms with Crippen LogP contribution in [0.25, 0.3) is 0 Å². The maximum Gasteiger partial charge on any atom is 0.240 e. The molecule has 3 N–H and O–H groups in total. The molecule has 1 aliphatic heterocycles. The minimum atomic E-state index is -3.55. The number of hydrogen-bond acceptors (Lipinski definition) is 5. The molecule has 0 aromatic heterocycles. The summed E-state index contributed by atoms with van der Waals surface area (Å²) in [5, 5.41) is 13.8. The molecule has 3 unspecified atom stereocenters. The van der Waals surface area contributed by atoms with E-state index in [1.807, 2.05) is 26.0 Å². The first-order valence-corrected chi connectivity index (χ1v) is 11.2. The normalized spacial score (nSPS) is 22.8. The van der Waals surface area contributed by atoms with Crippen molar-refractivity contribution < 1.29 is 18.3 Å². The SMILES string of the molecule is COc1ccc(C2Nc3ccc(S(=O)(=O)NC(C)C)cc3C3C=CCC32)cc1O. The number of aromatic hydroxyl groups is 1. The second-order valence-corrected chi connectivity index (χ2v) is 9.65. The summed E-state index contributed by atoms with van der Waals surface area (Å²) in [4.78, 5) is 0.284. The van der Waals surface area contributed by atoms with Crippen LogP contribution in [-0.4, -0.2) is 26.7 Å². The van der Waals surface area contributed by atoms with E-state index in [1.54, 1.807) is 24.3 Å². The topological polar surface area (TPSA) is 87.7 Å². The number of phenols is 1. The Bertz CT molecular complexity index is 1060. The van der Waals surface area contributed by atoms with Gasteiger partial charge in [-0.3, -0.25) is 0 Å². The molecule has 2 aromatic carbocycles. The lowest BCUT2D eigenvalue weighted by atomic mass is 9.77. The third-order valence-corrected chi connectivity index (χ3v) is 7.25. The van der Waals surface area contributed by atoms with Crippen LogP contribution in [0.4, 0.5) is 5.69 Å². The summed E-state index contributed by atoms with van der Waals surface area (Å²) in [6, 6.07) is 10.6. The predicted molar refractivity (Wildman–Crippen MR) is 113 cm³/mol. The number of fused-ring (bicyclic) bond motifs is 3. The van der Waals surface area contributed by atoms with Crippen LogP contribution in [0, 0.1) is 5.92 Å². The van der Waals surface area contributed by atoms with Gasteiger partial charge in [-0.15, -0.1) is 0 Å². The molecule has 3 atom stereocenters. The van der Waals surface area contributed by atoms with E-state index in [2.05, 4.69) is 22.2 Å². The van der Waals surface area contributed by atoms with E-state index in [-0.39, 0.29) is 34.6 Å². The van der Waals surface area contributed by atoms with Crippen molar-refractivity contribution in [1.82, 2.24) is 4.72 Å². The number of benzene rings is 2. The summed E-state index contributed by atoms with van der Waals surface area (Å²) >= 11 is 0. The van der Waals surface area contributed by atoms with Gasteiger partial charge in [-0.25, -0.2) is 13.1 Å². The highest BCUT2D eigenvalue weighted by atomic mass is 32.2. The Morgan fingerprint density at radius 2 is 2.00 bits per heavy atom. The zero-order valence-electron chi connectivity index (χ0n) is 16.7. The van der Waals surface area contributed by atoms with Crippen LogP contribution >= 0.6 is 0 Å². The van der Waals surface area contributed by atoms with Gasteiger partial charge in [-0.1, -0.05) is 18.2 Å². The molecular weight excluding hydrogens is 388 g/mol. The average molecular weight is 415 g/mol. The Morgan fingerprint density at radius 3 is 2.69 bits per heavy atom. The second kappa shape index (κ2) is 7.39. The van der Waals surface area contributed by atoms with Crippen LogP contribution in [-0.2, 0) is 10.0 Å².